The molecule has 0 aliphatic carbocycles. The fourth-order valence-corrected chi connectivity index (χ4v) is 2.35. The number of rotatable bonds is 1. The standard InChI is InChI=1S/C11H10N2S/c1-7-5-9-10(6-8(7)2)14-11(13-9)3-4-12/h5-6H,3H2,1-2H3. The summed E-state index contributed by atoms with van der Waals surface area (Å²) < 4.78 is 1.18. The molecule has 0 saturated carbocycles. The van der Waals surface area contributed by atoms with Gasteiger partial charge in [0.25, 0.3) is 0 Å². The van der Waals surface area contributed by atoms with Crippen molar-refractivity contribution in [3.8, 4) is 6.07 Å². The minimum atomic E-state index is 0.414. The largest absolute Gasteiger partial charge is 0.240 e. The van der Waals surface area contributed by atoms with Crippen LogP contribution in [0.3, 0.4) is 0 Å². The Labute approximate surface area is 86.8 Å². The van der Waals surface area contributed by atoms with Gasteiger partial charge in [-0.1, -0.05) is 0 Å². The third-order valence-corrected chi connectivity index (χ3v) is 3.30. The van der Waals surface area contributed by atoms with Gasteiger partial charge in [-0.3, -0.25) is 0 Å². The maximum atomic E-state index is 8.57. The van der Waals surface area contributed by atoms with Crippen molar-refractivity contribution in [2.75, 3.05) is 0 Å². The number of benzene rings is 1. The van der Waals surface area contributed by atoms with Crippen LogP contribution in [0.5, 0.6) is 0 Å². The van der Waals surface area contributed by atoms with E-state index in [1.807, 2.05) is 0 Å². The summed E-state index contributed by atoms with van der Waals surface area (Å²) in [7, 11) is 0. The summed E-state index contributed by atoms with van der Waals surface area (Å²) in [6.45, 7) is 4.18. The summed E-state index contributed by atoms with van der Waals surface area (Å²) in [5, 5.41) is 9.48. The molecule has 1 heterocycles. The molecule has 0 saturated heterocycles. The predicted molar refractivity (Wildman–Crippen MR) is 58.4 cm³/mol. The lowest BCUT2D eigenvalue weighted by Crippen LogP contribution is -1.80. The van der Waals surface area contributed by atoms with Crippen LogP contribution in [0.1, 0.15) is 16.1 Å². The van der Waals surface area contributed by atoms with Gasteiger partial charge in [-0.05, 0) is 37.1 Å². The third kappa shape index (κ3) is 1.49. The Kier molecular flexibility index (Phi) is 2.22. The van der Waals surface area contributed by atoms with Gasteiger partial charge in [0.1, 0.15) is 5.01 Å². The first kappa shape index (κ1) is 9.17. The number of thiazole rings is 1. The molecule has 0 N–H and O–H groups in total. The van der Waals surface area contributed by atoms with Crippen molar-refractivity contribution < 1.29 is 0 Å². The molecule has 0 aliphatic heterocycles. The van der Waals surface area contributed by atoms with Gasteiger partial charge in [0, 0.05) is 0 Å². The second-order valence-corrected chi connectivity index (χ2v) is 4.46. The van der Waals surface area contributed by atoms with Crippen LogP contribution in [0.25, 0.3) is 10.2 Å². The summed E-state index contributed by atoms with van der Waals surface area (Å²) in [6.07, 6.45) is 0.414. The monoisotopic (exact) mass is 202 g/mol. The smallest absolute Gasteiger partial charge is 0.108 e. The van der Waals surface area contributed by atoms with Crippen molar-refractivity contribution in [3.05, 3.63) is 28.3 Å². The zero-order chi connectivity index (χ0) is 10.1. The van der Waals surface area contributed by atoms with Crippen molar-refractivity contribution >= 4 is 21.6 Å². The number of nitriles is 1. The van der Waals surface area contributed by atoms with Gasteiger partial charge in [-0.25, -0.2) is 4.98 Å². The highest BCUT2D eigenvalue weighted by Crippen LogP contribution is 2.25. The Balaban J connectivity index is 2.61. The first-order valence-electron chi connectivity index (χ1n) is 4.44. The second kappa shape index (κ2) is 3.39. The highest BCUT2D eigenvalue weighted by molar-refractivity contribution is 7.18. The second-order valence-electron chi connectivity index (χ2n) is 3.35. The minimum Gasteiger partial charge on any atom is -0.240 e. The van der Waals surface area contributed by atoms with Crippen LogP contribution in [0.15, 0.2) is 12.1 Å². The van der Waals surface area contributed by atoms with E-state index in [4.69, 9.17) is 5.26 Å². The van der Waals surface area contributed by atoms with Gasteiger partial charge in [-0.2, -0.15) is 5.26 Å². The van der Waals surface area contributed by atoms with Crippen molar-refractivity contribution in [2.45, 2.75) is 20.3 Å². The van der Waals surface area contributed by atoms with Gasteiger partial charge in [0.15, 0.2) is 0 Å². The molecule has 0 spiro atoms. The summed E-state index contributed by atoms with van der Waals surface area (Å²) in [5.41, 5.74) is 3.55. The van der Waals surface area contributed by atoms with Gasteiger partial charge >= 0.3 is 0 Å². The topological polar surface area (TPSA) is 36.7 Å². The Morgan fingerprint density at radius 3 is 2.79 bits per heavy atom. The summed E-state index contributed by atoms with van der Waals surface area (Å²) >= 11 is 1.61. The van der Waals surface area contributed by atoms with Crippen LogP contribution in [0.4, 0.5) is 0 Å². The van der Waals surface area contributed by atoms with E-state index in [9.17, 15) is 0 Å². The van der Waals surface area contributed by atoms with Crippen LogP contribution in [0, 0.1) is 25.2 Å². The maximum Gasteiger partial charge on any atom is 0.108 e. The molecule has 0 atom stereocenters. The molecule has 2 nitrogen and oxygen atoms in total. The van der Waals surface area contributed by atoms with E-state index in [0.717, 1.165) is 10.5 Å². The lowest BCUT2D eigenvalue weighted by molar-refractivity contribution is 1.21. The highest BCUT2D eigenvalue weighted by Gasteiger charge is 2.04. The predicted octanol–water partition coefficient (Wildman–Crippen LogP) is 2.98. The van der Waals surface area contributed by atoms with E-state index >= 15 is 0 Å². The van der Waals surface area contributed by atoms with Crippen LogP contribution in [-0.4, -0.2) is 4.98 Å². The van der Waals surface area contributed by atoms with Gasteiger partial charge < -0.3 is 0 Å². The van der Waals surface area contributed by atoms with Crippen molar-refractivity contribution in [2.24, 2.45) is 0 Å². The molecule has 1 aromatic carbocycles. The van der Waals surface area contributed by atoms with Crippen LogP contribution in [0.2, 0.25) is 0 Å². The number of hydrogen-bond donors (Lipinski definition) is 0. The number of aromatic nitrogens is 1. The molecule has 0 unspecified atom stereocenters. The molecule has 2 aromatic rings. The van der Waals surface area contributed by atoms with E-state index in [0.29, 0.717) is 6.42 Å². The Bertz CT molecular complexity index is 481. The molecule has 70 valence electrons. The number of aryl methyl sites for hydroxylation is 2. The van der Waals surface area contributed by atoms with E-state index in [-0.39, 0.29) is 0 Å². The highest BCUT2D eigenvalue weighted by atomic mass is 32.1. The lowest BCUT2D eigenvalue weighted by atomic mass is 10.1. The van der Waals surface area contributed by atoms with Crippen LogP contribution >= 0.6 is 11.3 Å². The Morgan fingerprint density at radius 1 is 1.36 bits per heavy atom. The number of fused-ring (bicyclic) bond motifs is 1. The first-order chi connectivity index (χ1) is 6.70. The van der Waals surface area contributed by atoms with E-state index in [1.165, 1.54) is 15.8 Å². The van der Waals surface area contributed by atoms with E-state index < -0.39 is 0 Å². The summed E-state index contributed by atoms with van der Waals surface area (Å²) in [5.74, 6) is 0. The Hall–Kier alpha value is -1.40. The minimum absolute atomic E-state index is 0.414. The average molecular weight is 202 g/mol. The summed E-state index contributed by atoms with van der Waals surface area (Å²) in [4.78, 5) is 4.40. The SMILES string of the molecule is Cc1cc2nc(CC#N)sc2cc1C. The molecule has 0 amide bonds. The summed E-state index contributed by atoms with van der Waals surface area (Å²) in [6, 6.07) is 6.35. The van der Waals surface area contributed by atoms with Gasteiger partial charge in [-0.15, -0.1) is 11.3 Å². The number of nitrogens with zero attached hydrogens (tertiary/aromatic N) is 2. The number of hydrogen-bond acceptors (Lipinski definition) is 3. The maximum absolute atomic E-state index is 8.57. The molecule has 0 fully saturated rings. The lowest BCUT2D eigenvalue weighted by Gasteiger charge is -1.96. The van der Waals surface area contributed by atoms with Gasteiger partial charge in [0.05, 0.1) is 22.7 Å². The normalized spacial score (nSPS) is 10.4. The fourth-order valence-electron chi connectivity index (χ4n) is 1.37. The molecular weight excluding hydrogens is 192 g/mol. The molecule has 0 bridgehead atoms. The molecule has 14 heavy (non-hydrogen) atoms. The molecule has 0 radical (unpaired) electrons. The zero-order valence-corrected chi connectivity index (χ0v) is 8.98. The average Bonchev–Trinajstić information content (AvgIpc) is 2.48. The van der Waals surface area contributed by atoms with Gasteiger partial charge in [0.2, 0.25) is 0 Å². The Morgan fingerprint density at radius 2 is 2.07 bits per heavy atom. The van der Waals surface area contributed by atoms with Crippen molar-refractivity contribution in [1.82, 2.24) is 4.98 Å². The fraction of sp³-hybridized carbons (Fsp3) is 0.273. The molecule has 0 aliphatic rings. The molecule has 3 heteroatoms. The third-order valence-electron chi connectivity index (χ3n) is 2.28. The zero-order valence-electron chi connectivity index (χ0n) is 8.16. The molecular formula is C11H10N2S. The van der Waals surface area contributed by atoms with Crippen molar-refractivity contribution in [3.63, 3.8) is 0 Å². The quantitative estimate of drug-likeness (QED) is 0.712. The van der Waals surface area contributed by atoms with Crippen LogP contribution in [-0.2, 0) is 6.42 Å². The molecule has 2 rings (SSSR count). The van der Waals surface area contributed by atoms with Crippen molar-refractivity contribution in [1.29, 1.82) is 5.26 Å². The van der Waals surface area contributed by atoms with Crippen LogP contribution < -0.4 is 0 Å². The first-order valence-corrected chi connectivity index (χ1v) is 5.26. The van der Waals surface area contributed by atoms with E-state index in [2.05, 4.69) is 37.0 Å². The molecule has 1 aromatic heterocycles. The van der Waals surface area contributed by atoms with E-state index in [1.54, 1.807) is 11.3 Å².